The molecule has 0 aliphatic heterocycles. The summed E-state index contributed by atoms with van der Waals surface area (Å²) in [6, 6.07) is 2.15. The molecule has 7 nitrogen and oxygen atoms in total. The molecule has 1 saturated carbocycles. The van der Waals surface area contributed by atoms with Crippen LogP contribution in [0.5, 0.6) is 0 Å². The lowest BCUT2D eigenvalue weighted by atomic mass is 10.2. The van der Waals surface area contributed by atoms with E-state index in [1.807, 2.05) is 11.6 Å². The zero-order valence-electron chi connectivity index (χ0n) is 13.0. The van der Waals surface area contributed by atoms with E-state index in [2.05, 4.69) is 10.4 Å². The van der Waals surface area contributed by atoms with E-state index in [4.69, 9.17) is 5.11 Å². The maximum Gasteiger partial charge on any atom is 0.317 e. The van der Waals surface area contributed by atoms with Gasteiger partial charge < -0.3 is 10.4 Å². The molecular formula is C15H24N4O3. The van der Waals surface area contributed by atoms with Crippen molar-refractivity contribution < 1.29 is 14.7 Å². The largest absolute Gasteiger partial charge is 0.480 e. The molecule has 1 aromatic rings. The number of carbonyl (C=O) groups is 2. The molecule has 1 aliphatic rings. The van der Waals surface area contributed by atoms with E-state index in [1.165, 1.54) is 12.8 Å². The SMILES string of the molecule is CCCN(CC(=O)O)CC(=O)Nc1ccnn1C1CCCC1. The summed E-state index contributed by atoms with van der Waals surface area (Å²) in [6.07, 6.45) is 7.06. The zero-order chi connectivity index (χ0) is 15.9. The summed E-state index contributed by atoms with van der Waals surface area (Å²) in [5.41, 5.74) is 0. The number of anilines is 1. The van der Waals surface area contributed by atoms with Crippen LogP contribution in [0.3, 0.4) is 0 Å². The molecule has 0 saturated heterocycles. The number of hydrogen-bond donors (Lipinski definition) is 2. The number of aromatic nitrogens is 2. The summed E-state index contributed by atoms with van der Waals surface area (Å²) >= 11 is 0. The minimum absolute atomic E-state index is 0.0794. The van der Waals surface area contributed by atoms with Crippen molar-refractivity contribution in [2.45, 2.75) is 45.1 Å². The third-order valence-corrected chi connectivity index (χ3v) is 3.87. The Morgan fingerprint density at radius 3 is 2.77 bits per heavy atom. The molecule has 22 heavy (non-hydrogen) atoms. The molecule has 1 amide bonds. The predicted molar refractivity (Wildman–Crippen MR) is 82.7 cm³/mol. The van der Waals surface area contributed by atoms with Crippen molar-refractivity contribution >= 4 is 17.7 Å². The normalized spacial score (nSPS) is 15.4. The van der Waals surface area contributed by atoms with Gasteiger partial charge in [0.15, 0.2) is 0 Å². The number of carboxylic acid groups (broad SMARTS) is 1. The standard InChI is InChI=1S/C15H24N4O3/c1-2-9-18(11-15(21)22)10-14(20)17-13-7-8-16-19(13)12-5-3-4-6-12/h7-8,12H,2-6,9-11H2,1H3,(H,17,20)(H,21,22). The first-order valence-corrected chi connectivity index (χ1v) is 7.87. The molecule has 0 radical (unpaired) electrons. The average Bonchev–Trinajstić information content (AvgIpc) is 3.08. The van der Waals surface area contributed by atoms with Crippen molar-refractivity contribution in [3.63, 3.8) is 0 Å². The Morgan fingerprint density at radius 2 is 2.14 bits per heavy atom. The van der Waals surface area contributed by atoms with Crippen LogP contribution in [0.15, 0.2) is 12.3 Å². The number of hydrogen-bond acceptors (Lipinski definition) is 4. The van der Waals surface area contributed by atoms with Crippen LogP contribution in [0.25, 0.3) is 0 Å². The molecule has 0 unspecified atom stereocenters. The van der Waals surface area contributed by atoms with Crippen molar-refractivity contribution in [1.29, 1.82) is 0 Å². The second kappa shape index (κ2) is 7.93. The lowest BCUT2D eigenvalue weighted by Gasteiger charge is -2.19. The van der Waals surface area contributed by atoms with Crippen LogP contribution in [0.4, 0.5) is 5.82 Å². The van der Waals surface area contributed by atoms with E-state index >= 15 is 0 Å². The van der Waals surface area contributed by atoms with Gasteiger partial charge in [0.1, 0.15) is 5.82 Å². The van der Waals surface area contributed by atoms with Gasteiger partial charge in [-0.1, -0.05) is 19.8 Å². The number of amides is 1. The lowest BCUT2D eigenvalue weighted by Crippen LogP contribution is -2.37. The smallest absolute Gasteiger partial charge is 0.317 e. The topological polar surface area (TPSA) is 87.5 Å². The fourth-order valence-corrected chi connectivity index (χ4v) is 2.96. The number of aliphatic carboxylic acids is 1. The van der Waals surface area contributed by atoms with Gasteiger partial charge in [-0.25, -0.2) is 4.68 Å². The van der Waals surface area contributed by atoms with Gasteiger partial charge >= 0.3 is 5.97 Å². The first kappa shape index (κ1) is 16.5. The van der Waals surface area contributed by atoms with Crippen LogP contribution >= 0.6 is 0 Å². The Bertz CT molecular complexity index is 509. The van der Waals surface area contributed by atoms with Crippen molar-refractivity contribution in [2.24, 2.45) is 0 Å². The number of carboxylic acids is 1. The molecule has 1 aromatic heterocycles. The highest BCUT2D eigenvalue weighted by atomic mass is 16.4. The van der Waals surface area contributed by atoms with Crippen molar-refractivity contribution in [1.82, 2.24) is 14.7 Å². The number of nitrogens with one attached hydrogen (secondary N) is 1. The zero-order valence-corrected chi connectivity index (χ0v) is 13.0. The highest BCUT2D eigenvalue weighted by Gasteiger charge is 2.21. The summed E-state index contributed by atoms with van der Waals surface area (Å²) < 4.78 is 1.88. The van der Waals surface area contributed by atoms with E-state index < -0.39 is 5.97 Å². The van der Waals surface area contributed by atoms with Crippen molar-refractivity contribution in [3.8, 4) is 0 Å². The van der Waals surface area contributed by atoms with Gasteiger partial charge in [-0.3, -0.25) is 14.5 Å². The predicted octanol–water partition coefficient (Wildman–Crippen LogP) is 1.73. The van der Waals surface area contributed by atoms with Crippen LogP contribution in [0.1, 0.15) is 45.1 Å². The molecular weight excluding hydrogens is 284 g/mol. The summed E-state index contributed by atoms with van der Waals surface area (Å²) in [4.78, 5) is 24.6. The van der Waals surface area contributed by atoms with Crippen molar-refractivity contribution in [2.75, 3.05) is 25.0 Å². The van der Waals surface area contributed by atoms with E-state index in [0.717, 1.165) is 19.3 Å². The molecule has 0 spiro atoms. The number of carbonyl (C=O) groups excluding carboxylic acids is 1. The van der Waals surface area contributed by atoms with Gasteiger partial charge in [-0.15, -0.1) is 0 Å². The fraction of sp³-hybridized carbons (Fsp3) is 0.667. The van der Waals surface area contributed by atoms with E-state index in [9.17, 15) is 9.59 Å². The van der Waals surface area contributed by atoms with Gasteiger partial charge in [-0.05, 0) is 25.8 Å². The molecule has 0 atom stereocenters. The van der Waals surface area contributed by atoms with Gasteiger partial charge in [-0.2, -0.15) is 5.10 Å². The van der Waals surface area contributed by atoms with E-state index in [-0.39, 0.29) is 19.0 Å². The highest BCUT2D eigenvalue weighted by Crippen LogP contribution is 2.31. The minimum Gasteiger partial charge on any atom is -0.480 e. The number of nitrogens with zero attached hydrogens (tertiary/aromatic N) is 3. The minimum atomic E-state index is -0.919. The van der Waals surface area contributed by atoms with Gasteiger partial charge in [0.2, 0.25) is 5.91 Å². The fourth-order valence-electron chi connectivity index (χ4n) is 2.96. The summed E-state index contributed by atoms with van der Waals surface area (Å²) in [5, 5.41) is 16.0. The van der Waals surface area contributed by atoms with E-state index in [1.54, 1.807) is 17.2 Å². The molecule has 0 aromatic carbocycles. The molecule has 2 N–H and O–H groups in total. The van der Waals surface area contributed by atoms with Crippen LogP contribution in [0, 0.1) is 0 Å². The Balaban J connectivity index is 1.93. The molecule has 1 heterocycles. The quantitative estimate of drug-likeness (QED) is 0.763. The first-order chi connectivity index (χ1) is 10.6. The van der Waals surface area contributed by atoms with Crippen LogP contribution in [-0.2, 0) is 9.59 Å². The Kier molecular flexibility index (Phi) is 5.94. The summed E-state index contributed by atoms with van der Waals surface area (Å²) in [6.45, 7) is 2.50. The highest BCUT2D eigenvalue weighted by molar-refractivity contribution is 5.91. The van der Waals surface area contributed by atoms with Crippen LogP contribution in [-0.4, -0.2) is 51.3 Å². The third kappa shape index (κ3) is 4.56. The van der Waals surface area contributed by atoms with Crippen LogP contribution in [0.2, 0.25) is 0 Å². The maximum atomic E-state index is 12.2. The van der Waals surface area contributed by atoms with E-state index in [0.29, 0.717) is 18.4 Å². The molecule has 0 bridgehead atoms. The Hall–Kier alpha value is -1.89. The first-order valence-electron chi connectivity index (χ1n) is 7.87. The molecule has 122 valence electrons. The Morgan fingerprint density at radius 1 is 1.41 bits per heavy atom. The Labute approximate surface area is 130 Å². The second-order valence-electron chi connectivity index (χ2n) is 5.75. The summed E-state index contributed by atoms with van der Waals surface area (Å²) in [7, 11) is 0. The number of rotatable bonds is 8. The lowest BCUT2D eigenvalue weighted by molar-refractivity contribution is -0.138. The van der Waals surface area contributed by atoms with Crippen LogP contribution < -0.4 is 5.32 Å². The molecule has 1 aliphatic carbocycles. The molecule has 2 rings (SSSR count). The molecule has 7 heteroatoms. The van der Waals surface area contributed by atoms with Gasteiger partial charge in [0, 0.05) is 6.07 Å². The monoisotopic (exact) mass is 308 g/mol. The third-order valence-electron chi connectivity index (χ3n) is 3.87. The average molecular weight is 308 g/mol. The molecule has 1 fully saturated rings. The summed E-state index contributed by atoms with van der Waals surface area (Å²) in [5.74, 6) is -0.421. The van der Waals surface area contributed by atoms with Crippen molar-refractivity contribution in [3.05, 3.63) is 12.3 Å². The second-order valence-corrected chi connectivity index (χ2v) is 5.75. The van der Waals surface area contributed by atoms with Gasteiger partial charge in [0.25, 0.3) is 0 Å². The van der Waals surface area contributed by atoms with Gasteiger partial charge in [0.05, 0.1) is 25.3 Å². The maximum absolute atomic E-state index is 12.2.